The van der Waals surface area contributed by atoms with Gasteiger partial charge >= 0.3 is 0 Å². The topological polar surface area (TPSA) is 26.0 Å². The molecule has 102 valence electrons. The Kier molecular flexibility index (Phi) is 3.82. The van der Waals surface area contributed by atoms with E-state index in [0.717, 1.165) is 20.3 Å². The van der Waals surface area contributed by atoms with Gasteiger partial charge in [-0.05, 0) is 39.0 Å². The number of nitrogens with two attached hydrogens (primary N) is 1. The third-order valence-corrected chi connectivity index (χ3v) is 5.77. The van der Waals surface area contributed by atoms with E-state index in [0.29, 0.717) is 9.72 Å². The minimum atomic E-state index is -0.325. The van der Waals surface area contributed by atoms with E-state index in [2.05, 4.69) is 15.9 Å². The van der Waals surface area contributed by atoms with E-state index in [-0.39, 0.29) is 11.9 Å². The Bertz CT molecular complexity index is 767. The Morgan fingerprint density at radius 1 is 1.15 bits per heavy atom. The summed E-state index contributed by atoms with van der Waals surface area (Å²) in [5, 5.41) is 1.42. The Morgan fingerprint density at radius 2 is 1.85 bits per heavy atom. The van der Waals surface area contributed by atoms with Gasteiger partial charge in [0.1, 0.15) is 10.2 Å². The molecule has 1 heterocycles. The van der Waals surface area contributed by atoms with Gasteiger partial charge in [-0.25, -0.2) is 4.39 Å². The second kappa shape index (κ2) is 5.45. The highest BCUT2D eigenvalue weighted by Gasteiger charge is 2.17. The number of hydrogen-bond acceptors (Lipinski definition) is 2. The van der Waals surface area contributed by atoms with E-state index < -0.39 is 0 Å². The van der Waals surface area contributed by atoms with Crippen LogP contribution in [-0.4, -0.2) is 0 Å². The third kappa shape index (κ3) is 2.37. The van der Waals surface area contributed by atoms with Crippen molar-refractivity contribution < 1.29 is 4.39 Å². The molecule has 2 N–H and O–H groups in total. The molecule has 2 aromatic carbocycles. The van der Waals surface area contributed by atoms with Crippen LogP contribution in [0.25, 0.3) is 10.8 Å². The number of hydrogen-bond donors (Lipinski definition) is 1. The highest BCUT2D eigenvalue weighted by atomic mass is 79.9. The number of fused-ring (bicyclic) bond motifs is 1. The fourth-order valence-electron chi connectivity index (χ4n) is 2.23. The molecule has 0 saturated heterocycles. The van der Waals surface area contributed by atoms with Crippen LogP contribution in [-0.2, 0) is 0 Å². The van der Waals surface area contributed by atoms with Crippen LogP contribution in [0.4, 0.5) is 4.39 Å². The molecule has 0 spiro atoms. The summed E-state index contributed by atoms with van der Waals surface area (Å²) in [6.45, 7) is 0. The Morgan fingerprint density at radius 3 is 2.50 bits per heavy atom. The summed E-state index contributed by atoms with van der Waals surface area (Å²) in [5.41, 5.74) is 7.22. The molecule has 0 radical (unpaired) electrons. The largest absolute Gasteiger partial charge is 0.320 e. The molecule has 0 amide bonds. The molecule has 1 unspecified atom stereocenters. The van der Waals surface area contributed by atoms with E-state index in [1.807, 2.05) is 24.3 Å². The zero-order valence-electron chi connectivity index (χ0n) is 10.2. The van der Waals surface area contributed by atoms with Crippen molar-refractivity contribution in [2.75, 3.05) is 0 Å². The van der Waals surface area contributed by atoms with E-state index in [1.165, 1.54) is 17.4 Å². The Balaban J connectivity index is 2.17. The number of benzene rings is 2. The van der Waals surface area contributed by atoms with Crippen LogP contribution in [0.3, 0.4) is 0 Å². The molecule has 0 aliphatic heterocycles. The van der Waals surface area contributed by atoms with Crippen molar-refractivity contribution in [1.82, 2.24) is 0 Å². The lowest BCUT2D eigenvalue weighted by atomic mass is 9.98. The standard InChI is InChI=1S/C15H10BrClFNS/c16-11-7-13(20-15(11)17)14(19)10-5-6-12(18)9-4-2-1-3-8(9)10/h1-7,14H,19H2. The van der Waals surface area contributed by atoms with Gasteiger partial charge in [-0.2, -0.15) is 0 Å². The SMILES string of the molecule is NC(c1cc(Br)c(Cl)s1)c1ccc(F)c2ccccc12. The summed E-state index contributed by atoms with van der Waals surface area (Å²) in [4.78, 5) is 0.943. The van der Waals surface area contributed by atoms with Gasteiger partial charge in [0.25, 0.3) is 0 Å². The van der Waals surface area contributed by atoms with Crippen LogP contribution in [0.5, 0.6) is 0 Å². The number of rotatable bonds is 2. The highest BCUT2D eigenvalue weighted by Crippen LogP contribution is 2.38. The Labute approximate surface area is 133 Å². The molecule has 5 heteroatoms. The van der Waals surface area contributed by atoms with Gasteiger partial charge in [0.2, 0.25) is 0 Å². The summed E-state index contributed by atoms with van der Waals surface area (Å²) in [6, 6.07) is 12.1. The van der Waals surface area contributed by atoms with Gasteiger partial charge in [-0.15, -0.1) is 11.3 Å². The minimum absolute atomic E-state index is 0.234. The monoisotopic (exact) mass is 369 g/mol. The minimum Gasteiger partial charge on any atom is -0.320 e. The predicted molar refractivity (Wildman–Crippen MR) is 87.0 cm³/mol. The van der Waals surface area contributed by atoms with Crippen LogP contribution in [0.2, 0.25) is 4.34 Å². The molecule has 0 bridgehead atoms. The molecule has 0 saturated carbocycles. The normalized spacial score (nSPS) is 12.8. The second-order valence-electron chi connectivity index (χ2n) is 4.43. The van der Waals surface area contributed by atoms with E-state index in [9.17, 15) is 4.39 Å². The fraction of sp³-hybridized carbons (Fsp3) is 0.0667. The maximum atomic E-state index is 13.8. The van der Waals surface area contributed by atoms with Gasteiger partial charge in [-0.1, -0.05) is 41.9 Å². The van der Waals surface area contributed by atoms with Crippen molar-refractivity contribution in [2.45, 2.75) is 6.04 Å². The van der Waals surface area contributed by atoms with E-state index in [1.54, 1.807) is 12.1 Å². The molecule has 1 nitrogen and oxygen atoms in total. The van der Waals surface area contributed by atoms with Crippen molar-refractivity contribution in [1.29, 1.82) is 0 Å². The first-order valence-electron chi connectivity index (χ1n) is 5.95. The number of thiophene rings is 1. The summed E-state index contributed by atoms with van der Waals surface area (Å²) in [6.07, 6.45) is 0. The van der Waals surface area contributed by atoms with Crippen molar-refractivity contribution in [3.05, 3.63) is 67.5 Å². The molecule has 20 heavy (non-hydrogen) atoms. The summed E-state index contributed by atoms with van der Waals surface area (Å²) < 4.78 is 15.3. The van der Waals surface area contributed by atoms with Crippen molar-refractivity contribution in [3.8, 4) is 0 Å². The molecule has 3 rings (SSSR count). The molecular weight excluding hydrogens is 361 g/mol. The second-order valence-corrected chi connectivity index (χ2v) is 6.97. The van der Waals surface area contributed by atoms with Gasteiger partial charge < -0.3 is 5.73 Å². The third-order valence-electron chi connectivity index (χ3n) is 3.21. The van der Waals surface area contributed by atoms with Crippen molar-refractivity contribution >= 4 is 49.6 Å². The van der Waals surface area contributed by atoms with E-state index in [4.69, 9.17) is 17.3 Å². The predicted octanol–water partition coefficient (Wildman–Crippen LogP) is 5.50. The average Bonchev–Trinajstić information content (AvgIpc) is 2.79. The van der Waals surface area contributed by atoms with Crippen molar-refractivity contribution in [2.24, 2.45) is 5.73 Å². The summed E-state index contributed by atoms with van der Waals surface area (Å²) in [5.74, 6) is -0.234. The van der Waals surface area contributed by atoms with Gasteiger partial charge in [0, 0.05) is 14.7 Å². The molecular formula is C15H10BrClFNS. The van der Waals surface area contributed by atoms with Crippen molar-refractivity contribution in [3.63, 3.8) is 0 Å². The lowest BCUT2D eigenvalue weighted by Crippen LogP contribution is -2.10. The first kappa shape index (κ1) is 14.0. The van der Waals surface area contributed by atoms with Crippen LogP contribution in [0.15, 0.2) is 46.9 Å². The maximum absolute atomic E-state index is 13.8. The highest BCUT2D eigenvalue weighted by molar-refractivity contribution is 9.10. The van der Waals surface area contributed by atoms with Crippen LogP contribution in [0.1, 0.15) is 16.5 Å². The summed E-state index contributed by atoms with van der Waals surface area (Å²) in [7, 11) is 0. The lowest BCUT2D eigenvalue weighted by Gasteiger charge is -2.13. The molecule has 1 atom stereocenters. The van der Waals surface area contributed by atoms with Crippen LogP contribution in [0, 0.1) is 5.82 Å². The maximum Gasteiger partial charge on any atom is 0.131 e. The first-order valence-corrected chi connectivity index (χ1v) is 7.94. The molecule has 0 aliphatic carbocycles. The molecule has 1 aromatic heterocycles. The molecule has 0 aliphatic rings. The first-order chi connectivity index (χ1) is 9.58. The average molecular weight is 371 g/mol. The fourth-order valence-corrected chi connectivity index (χ4v) is 3.98. The van der Waals surface area contributed by atoms with Crippen LogP contribution < -0.4 is 5.73 Å². The summed E-state index contributed by atoms with van der Waals surface area (Å²) >= 11 is 10.9. The smallest absolute Gasteiger partial charge is 0.131 e. The van der Waals surface area contributed by atoms with Gasteiger partial charge in [-0.3, -0.25) is 0 Å². The quantitative estimate of drug-likeness (QED) is 0.633. The zero-order chi connectivity index (χ0) is 14.3. The van der Waals surface area contributed by atoms with Crippen LogP contribution >= 0.6 is 38.9 Å². The zero-order valence-corrected chi connectivity index (χ0v) is 13.4. The lowest BCUT2D eigenvalue weighted by molar-refractivity contribution is 0.639. The molecule has 3 aromatic rings. The van der Waals surface area contributed by atoms with Gasteiger partial charge in [0.15, 0.2) is 0 Å². The van der Waals surface area contributed by atoms with E-state index >= 15 is 0 Å². The number of halogens is 3. The van der Waals surface area contributed by atoms with Gasteiger partial charge in [0.05, 0.1) is 6.04 Å². The molecule has 0 fully saturated rings. The Hall–Kier alpha value is -0.940.